The van der Waals surface area contributed by atoms with Crippen molar-refractivity contribution in [1.29, 1.82) is 0 Å². The highest BCUT2D eigenvalue weighted by molar-refractivity contribution is 9.10. The van der Waals surface area contributed by atoms with Crippen molar-refractivity contribution in [2.24, 2.45) is 12.0 Å². The SMILES string of the molecule is C=CCn1c(=NC(=O)c2ccnn2C)sc2cc(Br)ccc21. The van der Waals surface area contributed by atoms with Crippen LogP contribution in [0.3, 0.4) is 0 Å². The summed E-state index contributed by atoms with van der Waals surface area (Å²) >= 11 is 4.94. The third-order valence-electron chi connectivity index (χ3n) is 3.19. The second-order valence-corrected chi connectivity index (χ2v) is 6.58. The predicted octanol–water partition coefficient (Wildman–Crippen LogP) is 3.13. The Morgan fingerprint density at radius 1 is 1.50 bits per heavy atom. The fourth-order valence-corrected chi connectivity index (χ4v) is 3.76. The number of hydrogen-bond acceptors (Lipinski definition) is 3. The number of benzene rings is 1. The Labute approximate surface area is 139 Å². The van der Waals surface area contributed by atoms with E-state index in [0.29, 0.717) is 17.0 Å². The van der Waals surface area contributed by atoms with Crippen molar-refractivity contribution < 1.29 is 4.79 Å². The lowest BCUT2D eigenvalue weighted by Crippen LogP contribution is -2.17. The lowest BCUT2D eigenvalue weighted by Gasteiger charge is -2.01. The van der Waals surface area contributed by atoms with Gasteiger partial charge >= 0.3 is 0 Å². The van der Waals surface area contributed by atoms with Gasteiger partial charge in [0, 0.05) is 24.3 Å². The van der Waals surface area contributed by atoms with E-state index < -0.39 is 0 Å². The third kappa shape index (κ3) is 2.69. The van der Waals surface area contributed by atoms with Crippen molar-refractivity contribution in [3.8, 4) is 0 Å². The number of carbonyl (C=O) groups is 1. The quantitative estimate of drug-likeness (QED) is 0.659. The van der Waals surface area contributed by atoms with Crippen LogP contribution >= 0.6 is 27.3 Å². The van der Waals surface area contributed by atoms with Crippen LogP contribution in [-0.2, 0) is 13.6 Å². The lowest BCUT2D eigenvalue weighted by molar-refractivity contribution is 0.0989. The Kier molecular flexibility index (Phi) is 4.08. The van der Waals surface area contributed by atoms with E-state index in [-0.39, 0.29) is 5.91 Å². The highest BCUT2D eigenvalue weighted by Gasteiger charge is 2.11. The van der Waals surface area contributed by atoms with E-state index in [1.807, 2.05) is 22.8 Å². The van der Waals surface area contributed by atoms with Crippen LogP contribution in [0.25, 0.3) is 10.2 Å². The van der Waals surface area contributed by atoms with Crippen LogP contribution in [0, 0.1) is 0 Å². The molecule has 1 aromatic carbocycles. The van der Waals surface area contributed by atoms with Crippen molar-refractivity contribution in [2.45, 2.75) is 6.54 Å². The zero-order chi connectivity index (χ0) is 15.7. The summed E-state index contributed by atoms with van der Waals surface area (Å²) in [7, 11) is 1.72. The summed E-state index contributed by atoms with van der Waals surface area (Å²) in [6.45, 7) is 4.37. The molecule has 3 aromatic rings. The molecule has 0 N–H and O–H groups in total. The molecule has 2 aromatic heterocycles. The van der Waals surface area contributed by atoms with Crippen LogP contribution in [0.4, 0.5) is 0 Å². The van der Waals surface area contributed by atoms with E-state index in [1.165, 1.54) is 16.0 Å². The number of halogens is 1. The summed E-state index contributed by atoms with van der Waals surface area (Å²) in [6, 6.07) is 7.66. The van der Waals surface area contributed by atoms with Gasteiger partial charge in [0.15, 0.2) is 4.80 Å². The largest absolute Gasteiger partial charge is 0.312 e. The molecule has 0 atom stereocenters. The second kappa shape index (κ2) is 6.02. The number of thiazole rings is 1. The number of carbonyl (C=O) groups excluding carboxylic acids is 1. The van der Waals surface area contributed by atoms with Gasteiger partial charge in [-0.2, -0.15) is 10.1 Å². The summed E-state index contributed by atoms with van der Waals surface area (Å²) in [5.74, 6) is -0.302. The predicted molar refractivity (Wildman–Crippen MR) is 90.8 cm³/mol. The van der Waals surface area contributed by atoms with Crippen LogP contribution in [0.2, 0.25) is 0 Å². The molecule has 0 bridgehead atoms. The van der Waals surface area contributed by atoms with Gasteiger partial charge in [-0.15, -0.1) is 6.58 Å². The van der Waals surface area contributed by atoms with Crippen LogP contribution in [0.15, 0.2) is 52.6 Å². The molecule has 3 rings (SSSR count). The van der Waals surface area contributed by atoms with E-state index in [0.717, 1.165) is 14.7 Å². The van der Waals surface area contributed by atoms with Crippen molar-refractivity contribution in [3.05, 3.63) is 58.1 Å². The smallest absolute Gasteiger partial charge is 0.297 e. The van der Waals surface area contributed by atoms with Gasteiger partial charge in [-0.05, 0) is 24.3 Å². The topological polar surface area (TPSA) is 52.2 Å². The molecule has 0 radical (unpaired) electrons. The van der Waals surface area contributed by atoms with Gasteiger partial charge in [0.2, 0.25) is 0 Å². The molecule has 0 spiro atoms. The number of aromatic nitrogens is 3. The Hall–Kier alpha value is -1.99. The van der Waals surface area contributed by atoms with E-state index >= 15 is 0 Å². The van der Waals surface area contributed by atoms with E-state index in [2.05, 4.69) is 32.6 Å². The summed E-state index contributed by atoms with van der Waals surface area (Å²) in [6.07, 6.45) is 3.38. The van der Waals surface area contributed by atoms with Crippen LogP contribution in [-0.4, -0.2) is 20.3 Å². The van der Waals surface area contributed by atoms with Gasteiger partial charge in [-0.1, -0.05) is 33.3 Å². The Balaban J connectivity index is 2.19. The fourth-order valence-electron chi connectivity index (χ4n) is 2.17. The van der Waals surface area contributed by atoms with Crippen molar-refractivity contribution >= 4 is 43.4 Å². The van der Waals surface area contributed by atoms with Gasteiger partial charge in [0.1, 0.15) is 5.69 Å². The number of aryl methyl sites for hydroxylation is 1. The maximum absolute atomic E-state index is 12.3. The summed E-state index contributed by atoms with van der Waals surface area (Å²) in [4.78, 5) is 17.2. The standard InChI is InChI=1S/C15H13BrN4OS/c1-3-8-20-11-5-4-10(16)9-13(11)22-15(20)18-14(21)12-6-7-17-19(12)2/h3-7,9H,1,8H2,2H3. The van der Waals surface area contributed by atoms with Crippen molar-refractivity contribution in [2.75, 3.05) is 0 Å². The van der Waals surface area contributed by atoms with Gasteiger partial charge in [-0.25, -0.2) is 0 Å². The van der Waals surface area contributed by atoms with E-state index in [4.69, 9.17) is 0 Å². The molecule has 22 heavy (non-hydrogen) atoms. The monoisotopic (exact) mass is 376 g/mol. The minimum atomic E-state index is -0.302. The molecule has 1 amide bonds. The van der Waals surface area contributed by atoms with Gasteiger partial charge in [0.25, 0.3) is 5.91 Å². The van der Waals surface area contributed by atoms with Gasteiger partial charge in [0.05, 0.1) is 10.2 Å². The van der Waals surface area contributed by atoms with Gasteiger partial charge in [-0.3, -0.25) is 9.48 Å². The minimum absolute atomic E-state index is 0.302. The first-order valence-electron chi connectivity index (χ1n) is 6.57. The summed E-state index contributed by atoms with van der Waals surface area (Å²) in [5, 5.41) is 4.00. The Morgan fingerprint density at radius 3 is 3.00 bits per heavy atom. The van der Waals surface area contributed by atoms with Crippen LogP contribution in [0.5, 0.6) is 0 Å². The molecule has 112 valence electrons. The maximum Gasteiger partial charge on any atom is 0.297 e. The normalized spacial score (nSPS) is 12.0. The first kappa shape index (κ1) is 14.9. The molecule has 0 aliphatic rings. The average Bonchev–Trinajstić information content (AvgIpc) is 3.03. The van der Waals surface area contributed by atoms with Crippen LogP contribution < -0.4 is 4.80 Å². The number of rotatable bonds is 3. The molecule has 0 fully saturated rings. The number of amides is 1. The highest BCUT2D eigenvalue weighted by atomic mass is 79.9. The molecular formula is C15H13BrN4OS. The first-order valence-corrected chi connectivity index (χ1v) is 8.18. The molecule has 5 nitrogen and oxygen atoms in total. The summed E-state index contributed by atoms with van der Waals surface area (Å²) in [5.41, 5.74) is 1.49. The number of nitrogens with zero attached hydrogens (tertiary/aromatic N) is 4. The summed E-state index contributed by atoms with van der Waals surface area (Å²) < 4.78 is 5.56. The molecule has 2 heterocycles. The number of allylic oxidation sites excluding steroid dienone is 1. The Bertz CT molecular complexity index is 935. The van der Waals surface area contributed by atoms with E-state index in [1.54, 1.807) is 25.4 Å². The second-order valence-electron chi connectivity index (χ2n) is 4.65. The van der Waals surface area contributed by atoms with Crippen molar-refractivity contribution in [1.82, 2.24) is 14.3 Å². The molecule has 0 unspecified atom stereocenters. The zero-order valence-corrected chi connectivity index (χ0v) is 14.3. The van der Waals surface area contributed by atoms with Crippen molar-refractivity contribution in [3.63, 3.8) is 0 Å². The molecule has 0 aliphatic carbocycles. The lowest BCUT2D eigenvalue weighted by atomic mass is 10.3. The van der Waals surface area contributed by atoms with Crippen LogP contribution in [0.1, 0.15) is 10.5 Å². The molecule has 0 saturated heterocycles. The maximum atomic E-state index is 12.3. The molecule has 0 saturated carbocycles. The third-order valence-corrected chi connectivity index (χ3v) is 4.73. The number of hydrogen-bond donors (Lipinski definition) is 0. The highest BCUT2D eigenvalue weighted by Crippen LogP contribution is 2.22. The zero-order valence-electron chi connectivity index (χ0n) is 11.9. The minimum Gasteiger partial charge on any atom is -0.312 e. The fraction of sp³-hybridized carbons (Fsp3) is 0.133. The first-order chi connectivity index (χ1) is 10.6. The molecule has 0 aliphatic heterocycles. The Morgan fingerprint density at radius 2 is 2.32 bits per heavy atom. The van der Waals surface area contributed by atoms with Gasteiger partial charge < -0.3 is 4.57 Å². The molecular weight excluding hydrogens is 364 g/mol. The van der Waals surface area contributed by atoms with E-state index in [9.17, 15) is 4.79 Å². The molecule has 7 heteroatoms. The number of fused-ring (bicyclic) bond motifs is 1. The average molecular weight is 377 g/mol.